The molecule has 0 unspecified atom stereocenters. The summed E-state index contributed by atoms with van der Waals surface area (Å²) in [4.78, 5) is 12.8. The third-order valence-corrected chi connectivity index (χ3v) is 11.1. The Bertz CT molecular complexity index is 836. The first-order valence-electron chi connectivity index (χ1n) is 12.9. The lowest BCUT2D eigenvalue weighted by molar-refractivity contribution is -0.145. The summed E-state index contributed by atoms with van der Waals surface area (Å²) in [5.74, 6) is 3.06. The summed E-state index contributed by atoms with van der Waals surface area (Å²) in [5.41, 5.74) is 3.98. The number of rotatable bonds is 3. The SMILES string of the molecule is CC(C)=CC=C[C@@H](C)[C@H]1CC[C@@]2(C)C3=CC[C@@H]4C(C)(C)C(=O)CC[C@]4(C)[C@H]3CC[C@]12C. The molecule has 1 nitrogen and oxygen atoms in total. The summed E-state index contributed by atoms with van der Waals surface area (Å²) in [6.07, 6.45) is 18.0. The van der Waals surface area contributed by atoms with Crippen molar-refractivity contribution in [3.8, 4) is 0 Å². The van der Waals surface area contributed by atoms with Gasteiger partial charge in [0.1, 0.15) is 5.78 Å². The highest BCUT2D eigenvalue weighted by atomic mass is 16.1. The van der Waals surface area contributed by atoms with Gasteiger partial charge in [0.2, 0.25) is 0 Å². The summed E-state index contributed by atoms with van der Waals surface area (Å²) < 4.78 is 0. The molecule has 4 aliphatic rings. The van der Waals surface area contributed by atoms with E-state index in [0.717, 1.165) is 25.2 Å². The maximum atomic E-state index is 12.8. The van der Waals surface area contributed by atoms with E-state index < -0.39 is 0 Å². The molecule has 7 atom stereocenters. The molecule has 31 heavy (non-hydrogen) atoms. The standard InChI is InChI=1S/C30H46O/c1-20(2)10-9-11-21(3)22-14-18-30(8)24-12-13-25-27(4,5)26(31)16-17-28(25,6)23(24)15-19-29(22,30)7/h9-12,21-23,25H,13-19H2,1-8H3/t21-,22-,23+,25-,28-,29-,30+/m1/s1. The van der Waals surface area contributed by atoms with Crippen LogP contribution in [0, 0.1) is 45.3 Å². The Morgan fingerprint density at radius 1 is 1.06 bits per heavy atom. The summed E-state index contributed by atoms with van der Waals surface area (Å²) in [7, 11) is 0. The van der Waals surface area contributed by atoms with E-state index in [0.29, 0.717) is 39.8 Å². The first-order valence-corrected chi connectivity index (χ1v) is 12.9. The number of carbonyl (C=O) groups is 1. The second-order valence-electron chi connectivity index (χ2n) is 13.1. The van der Waals surface area contributed by atoms with Crippen molar-refractivity contribution in [2.75, 3.05) is 0 Å². The normalized spacial score (nSPS) is 44.8. The molecule has 1 heteroatoms. The van der Waals surface area contributed by atoms with Crippen LogP contribution in [0.3, 0.4) is 0 Å². The minimum absolute atomic E-state index is 0.168. The monoisotopic (exact) mass is 422 g/mol. The molecular weight excluding hydrogens is 376 g/mol. The molecule has 4 aliphatic carbocycles. The number of allylic oxidation sites excluding steroid dienone is 6. The van der Waals surface area contributed by atoms with Gasteiger partial charge in [-0.15, -0.1) is 0 Å². The van der Waals surface area contributed by atoms with Crippen LogP contribution in [0.2, 0.25) is 0 Å². The summed E-state index contributed by atoms with van der Waals surface area (Å²) >= 11 is 0. The predicted molar refractivity (Wildman–Crippen MR) is 132 cm³/mol. The molecule has 0 amide bonds. The van der Waals surface area contributed by atoms with Crippen LogP contribution in [0.1, 0.15) is 100 Å². The zero-order chi connectivity index (χ0) is 22.8. The minimum Gasteiger partial charge on any atom is -0.299 e. The van der Waals surface area contributed by atoms with E-state index in [1.807, 2.05) is 0 Å². The molecule has 0 aliphatic heterocycles. The van der Waals surface area contributed by atoms with E-state index >= 15 is 0 Å². The van der Waals surface area contributed by atoms with Crippen LogP contribution in [0.15, 0.2) is 35.5 Å². The fourth-order valence-corrected chi connectivity index (χ4v) is 8.95. The molecular formula is C30H46O. The molecule has 0 heterocycles. The van der Waals surface area contributed by atoms with Gasteiger partial charge in [-0.2, -0.15) is 0 Å². The Morgan fingerprint density at radius 2 is 1.77 bits per heavy atom. The van der Waals surface area contributed by atoms with Gasteiger partial charge in [0, 0.05) is 11.8 Å². The predicted octanol–water partition coefficient (Wildman–Crippen LogP) is 8.32. The lowest BCUT2D eigenvalue weighted by Gasteiger charge is -2.63. The Hall–Kier alpha value is -1.11. The second kappa shape index (κ2) is 7.46. The number of fused-ring (bicyclic) bond motifs is 5. The van der Waals surface area contributed by atoms with E-state index in [9.17, 15) is 4.79 Å². The Balaban J connectivity index is 1.67. The van der Waals surface area contributed by atoms with E-state index in [-0.39, 0.29) is 5.41 Å². The number of carbonyl (C=O) groups excluding carboxylic acids is 1. The maximum Gasteiger partial charge on any atom is 0.138 e. The summed E-state index contributed by atoms with van der Waals surface area (Å²) in [5, 5.41) is 0. The van der Waals surface area contributed by atoms with Gasteiger partial charge in [-0.05, 0) is 92.3 Å². The molecule has 3 saturated carbocycles. The zero-order valence-corrected chi connectivity index (χ0v) is 21.5. The molecule has 0 saturated heterocycles. The van der Waals surface area contributed by atoms with E-state index in [1.54, 1.807) is 5.57 Å². The molecule has 0 N–H and O–H groups in total. The van der Waals surface area contributed by atoms with Crippen molar-refractivity contribution < 1.29 is 4.79 Å². The minimum atomic E-state index is -0.168. The van der Waals surface area contributed by atoms with Gasteiger partial charge in [-0.1, -0.05) is 77.0 Å². The number of ketones is 1. The van der Waals surface area contributed by atoms with Gasteiger partial charge in [0.25, 0.3) is 0 Å². The third kappa shape index (κ3) is 3.19. The largest absolute Gasteiger partial charge is 0.299 e. The van der Waals surface area contributed by atoms with E-state index in [2.05, 4.69) is 79.7 Å². The van der Waals surface area contributed by atoms with Gasteiger partial charge in [0.05, 0.1) is 0 Å². The van der Waals surface area contributed by atoms with Crippen molar-refractivity contribution in [3.05, 3.63) is 35.5 Å². The van der Waals surface area contributed by atoms with Crippen LogP contribution in [-0.4, -0.2) is 5.78 Å². The van der Waals surface area contributed by atoms with Crippen molar-refractivity contribution >= 4 is 5.78 Å². The van der Waals surface area contributed by atoms with Gasteiger partial charge >= 0.3 is 0 Å². The molecule has 0 spiro atoms. The molecule has 0 radical (unpaired) electrons. The molecule has 0 aromatic carbocycles. The number of Topliss-reactive ketones (excluding diaryl/α,β-unsaturated/α-hetero) is 1. The first kappa shape index (κ1) is 23.1. The maximum absolute atomic E-state index is 12.8. The summed E-state index contributed by atoms with van der Waals surface area (Å²) in [6.45, 7) is 19.0. The highest BCUT2D eigenvalue weighted by molar-refractivity contribution is 5.85. The topological polar surface area (TPSA) is 17.1 Å². The first-order chi connectivity index (χ1) is 14.4. The van der Waals surface area contributed by atoms with Crippen molar-refractivity contribution in [2.45, 2.75) is 100 Å². The molecule has 4 rings (SSSR count). The van der Waals surface area contributed by atoms with Crippen LogP contribution in [-0.2, 0) is 4.79 Å². The van der Waals surface area contributed by atoms with Crippen molar-refractivity contribution in [3.63, 3.8) is 0 Å². The van der Waals surface area contributed by atoms with Crippen molar-refractivity contribution in [1.82, 2.24) is 0 Å². The Labute approximate surface area is 191 Å². The van der Waals surface area contributed by atoms with E-state index in [1.165, 1.54) is 31.3 Å². The fraction of sp³-hybridized carbons (Fsp3) is 0.767. The van der Waals surface area contributed by atoms with E-state index in [4.69, 9.17) is 0 Å². The van der Waals surface area contributed by atoms with Crippen LogP contribution in [0.4, 0.5) is 0 Å². The number of hydrogen-bond donors (Lipinski definition) is 0. The summed E-state index contributed by atoms with van der Waals surface area (Å²) in [6, 6.07) is 0. The van der Waals surface area contributed by atoms with Gasteiger partial charge in [-0.3, -0.25) is 4.79 Å². The fourth-order valence-electron chi connectivity index (χ4n) is 8.95. The van der Waals surface area contributed by atoms with Gasteiger partial charge in [0.15, 0.2) is 0 Å². The smallest absolute Gasteiger partial charge is 0.138 e. The average Bonchev–Trinajstić information content (AvgIpc) is 2.96. The molecule has 0 aromatic heterocycles. The van der Waals surface area contributed by atoms with Crippen LogP contribution >= 0.6 is 0 Å². The molecule has 172 valence electrons. The Morgan fingerprint density at radius 3 is 2.45 bits per heavy atom. The molecule has 0 bridgehead atoms. The molecule has 0 aromatic rings. The van der Waals surface area contributed by atoms with Crippen LogP contribution < -0.4 is 0 Å². The lowest BCUT2D eigenvalue weighted by atomic mass is 9.41. The number of hydrogen-bond acceptors (Lipinski definition) is 1. The van der Waals surface area contributed by atoms with Gasteiger partial charge < -0.3 is 0 Å². The highest BCUT2D eigenvalue weighted by Gasteiger charge is 2.65. The average molecular weight is 423 g/mol. The highest BCUT2D eigenvalue weighted by Crippen LogP contribution is 2.73. The van der Waals surface area contributed by atoms with Crippen LogP contribution in [0.25, 0.3) is 0 Å². The Kier molecular flexibility index (Phi) is 5.55. The van der Waals surface area contributed by atoms with Crippen LogP contribution in [0.5, 0.6) is 0 Å². The van der Waals surface area contributed by atoms with Crippen molar-refractivity contribution in [1.29, 1.82) is 0 Å². The van der Waals surface area contributed by atoms with Crippen molar-refractivity contribution in [2.24, 2.45) is 45.3 Å². The third-order valence-electron chi connectivity index (χ3n) is 11.1. The second-order valence-corrected chi connectivity index (χ2v) is 13.1. The zero-order valence-electron chi connectivity index (χ0n) is 21.5. The lowest BCUT2D eigenvalue weighted by Crippen LogP contribution is -2.57. The molecule has 3 fully saturated rings. The van der Waals surface area contributed by atoms with Gasteiger partial charge in [-0.25, -0.2) is 0 Å². The quantitative estimate of drug-likeness (QED) is 0.330.